The Morgan fingerprint density at radius 3 is 2.73 bits per heavy atom. The zero-order valence-electron chi connectivity index (χ0n) is 14.8. The average Bonchev–Trinajstić information content (AvgIpc) is 2.59. The fourth-order valence-corrected chi connectivity index (χ4v) is 3.39. The summed E-state index contributed by atoms with van der Waals surface area (Å²) in [5, 5.41) is 8.78. The van der Waals surface area contributed by atoms with Crippen molar-refractivity contribution in [1.29, 1.82) is 0 Å². The van der Waals surface area contributed by atoms with Crippen LogP contribution in [0.1, 0.15) is 56.1 Å². The molecule has 0 aromatic heterocycles. The Morgan fingerprint density at radius 1 is 1.35 bits per heavy atom. The second-order valence-corrected chi connectivity index (χ2v) is 7.01. The molecule has 1 aliphatic rings. The van der Waals surface area contributed by atoms with Crippen LogP contribution in [0.15, 0.2) is 24.3 Å². The predicted octanol–water partition coefficient (Wildman–Crippen LogP) is 4.30. The van der Waals surface area contributed by atoms with Gasteiger partial charge in [-0.1, -0.05) is 25.1 Å². The highest BCUT2D eigenvalue weighted by atomic mass is 19.4. The monoisotopic (exact) mass is 371 g/mol. The van der Waals surface area contributed by atoms with E-state index in [0.717, 1.165) is 25.0 Å². The van der Waals surface area contributed by atoms with Gasteiger partial charge in [0.1, 0.15) is 0 Å². The van der Waals surface area contributed by atoms with Gasteiger partial charge in [0, 0.05) is 25.9 Å². The molecule has 0 aliphatic carbocycles. The van der Waals surface area contributed by atoms with Gasteiger partial charge in [-0.25, -0.2) is 0 Å². The summed E-state index contributed by atoms with van der Waals surface area (Å²) in [5.41, 5.74) is -0.214. The van der Waals surface area contributed by atoms with Crippen molar-refractivity contribution >= 4 is 11.9 Å². The number of nitrogens with zero attached hydrogens (tertiary/aromatic N) is 1. The molecule has 144 valence electrons. The van der Waals surface area contributed by atoms with E-state index < -0.39 is 17.7 Å². The fraction of sp³-hybridized carbons (Fsp3) is 0.579. The third-order valence-corrected chi connectivity index (χ3v) is 4.90. The van der Waals surface area contributed by atoms with E-state index >= 15 is 0 Å². The minimum Gasteiger partial charge on any atom is -0.481 e. The molecule has 1 fully saturated rings. The van der Waals surface area contributed by atoms with Gasteiger partial charge in [-0.05, 0) is 42.7 Å². The molecule has 0 bridgehead atoms. The largest absolute Gasteiger partial charge is 0.481 e. The number of hydrogen-bond acceptors (Lipinski definition) is 2. The normalized spacial score (nSPS) is 19.2. The van der Waals surface area contributed by atoms with Gasteiger partial charge >= 0.3 is 12.1 Å². The van der Waals surface area contributed by atoms with Crippen molar-refractivity contribution < 1.29 is 27.9 Å². The molecule has 2 atom stereocenters. The Labute approximate surface area is 151 Å². The maximum atomic E-state index is 12.8. The number of carbonyl (C=O) groups is 2. The Balaban J connectivity index is 1.95. The van der Waals surface area contributed by atoms with Gasteiger partial charge in [0.15, 0.2) is 0 Å². The number of carboxylic acid groups (broad SMARTS) is 1. The second kappa shape index (κ2) is 8.56. The van der Waals surface area contributed by atoms with Gasteiger partial charge in [0.25, 0.3) is 0 Å². The van der Waals surface area contributed by atoms with E-state index in [-0.39, 0.29) is 30.6 Å². The first-order chi connectivity index (χ1) is 12.2. The van der Waals surface area contributed by atoms with E-state index in [1.807, 2.05) is 0 Å². The van der Waals surface area contributed by atoms with Gasteiger partial charge in [-0.15, -0.1) is 0 Å². The van der Waals surface area contributed by atoms with E-state index in [1.165, 1.54) is 6.07 Å². The smallest absolute Gasteiger partial charge is 0.416 e. The molecule has 0 spiro atoms. The van der Waals surface area contributed by atoms with Crippen LogP contribution in [0.25, 0.3) is 0 Å². The summed E-state index contributed by atoms with van der Waals surface area (Å²) in [4.78, 5) is 25.0. The van der Waals surface area contributed by atoms with Crippen LogP contribution < -0.4 is 0 Å². The summed E-state index contributed by atoms with van der Waals surface area (Å²) in [7, 11) is 0. The van der Waals surface area contributed by atoms with Crippen LogP contribution in [-0.4, -0.2) is 35.0 Å². The molecule has 1 heterocycles. The van der Waals surface area contributed by atoms with E-state index in [2.05, 4.69) is 0 Å². The van der Waals surface area contributed by atoms with Gasteiger partial charge in [-0.3, -0.25) is 9.59 Å². The lowest BCUT2D eigenvalue weighted by atomic mass is 9.91. The number of likely N-dealkylation sites (tertiary alicyclic amines) is 1. The molecule has 0 saturated carbocycles. The molecule has 1 amide bonds. The summed E-state index contributed by atoms with van der Waals surface area (Å²) in [5.74, 6) is -1.07. The number of alkyl halides is 3. The quantitative estimate of drug-likeness (QED) is 0.811. The van der Waals surface area contributed by atoms with Gasteiger partial charge in [0.05, 0.1) is 5.56 Å². The first kappa shape index (κ1) is 20.3. The number of piperidine rings is 1. The van der Waals surface area contributed by atoms with Crippen molar-refractivity contribution in [1.82, 2.24) is 4.90 Å². The number of carboxylic acids is 1. The third kappa shape index (κ3) is 5.75. The predicted molar refractivity (Wildman–Crippen MR) is 90.6 cm³/mol. The van der Waals surface area contributed by atoms with Gasteiger partial charge in [-0.2, -0.15) is 13.2 Å². The fourth-order valence-electron chi connectivity index (χ4n) is 3.39. The molecule has 4 nitrogen and oxygen atoms in total. The minimum atomic E-state index is -4.40. The van der Waals surface area contributed by atoms with E-state index in [1.54, 1.807) is 17.9 Å². The topological polar surface area (TPSA) is 57.6 Å². The Morgan fingerprint density at radius 2 is 2.08 bits per heavy atom. The Bertz CT molecular complexity index is 645. The highest BCUT2D eigenvalue weighted by Gasteiger charge is 2.31. The molecule has 1 aromatic carbocycles. The highest BCUT2D eigenvalue weighted by molar-refractivity contribution is 5.77. The number of aliphatic carboxylic acids is 1. The molecular weight excluding hydrogens is 347 g/mol. The second-order valence-electron chi connectivity index (χ2n) is 7.01. The van der Waals surface area contributed by atoms with E-state index in [9.17, 15) is 22.8 Å². The van der Waals surface area contributed by atoms with Crippen LogP contribution in [0.2, 0.25) is 0 Å². The lowest BCUT2D eigenvalue weighted by Gasteiger charge is -2.33. The molecule has 1 saturated heterocycles. The zero-order valence-corrected chi connectivity index (χ0v) is 14.8. The van der Waals surface area contributed by atoms with Crippen LogP contribution >= 0.6 is 0 Å². The number of benzene rings is 1. The van der Waals surface area contributed by atoms with Crippen LogP contribution in [-0.2, 0) is 15.8 Å². The van der Waals surface area contributed by atoms with E-state index in [4.69, 9.17) is 5.11 Å². The summed E-state index contributed by atoms with van der Waals surface area (Å²) < 4.78 is 38.5. The summed E-state index contributed by atoms with van der Waals surface area (Å²) >= 11 is 0. The number of hydrogen-bond donors (Lipinski definition) is 1. The third-order valence-electron chi connectivity index (χ3n) is 4.90. The maximum Gasteiger partial charge on any atom is 0.416 e. The van der Waals surface area contributed by atoms with Crippen molar-refractivity contribution in [3.8, 4) is 0 Å². The van der Waals surface area contributed by atoms with Gasteiger partial charge < -0.3 is 10.0 Å². The number of halogens is 3. The number of carbonyl (C=O) groups excluding carboxylic acids is 1. The highest BCUT2D eigenvalue weighted by Crippen LogP contribution is 2.32. The Kier molecular flexibility index (Phi) is 6.67. The summed E-state index contributed by atoms with van der Waals surface area (Å²) in [6, 6.07) is 5.10. The molecule has 7 heteroatoms. The number of amides is 1. The number of rotatable bonds is 6. The molecule has 1 N–H and O–H groups in total. The Hall–Kier alpha value is -2.05. The molecular formula is C19H24F3NO3. The van der Waals surface area contributed by atoms with Crippen molar-refractivity contribution in [2.75, 3.05) is 13.1 Å². The molecule has 1 aromatic rings. The lowest BCUT2D eigenvalue weighted by Crippen LogP contribution is -2.40. The SMILES string of the molecule is C[C@@H](CC(=O)N1CCC[C@H](CCC(=O)O)C1)c1cccc(C(F)(F)F)c1. The standard InChI is InChI=1S/C19H24F3NO3/c1-13(15-5-2-6-16(11-15)19(20,21)22)10-17(24)23-9-3-4-14(12-23)7-8-18(25)26/h2,5-6,11,13-14H,3-4,7-10,12H2,1H3,(H,25,26)/t13-,14+/m0/s1. The van der Waals surface area contributed by atoms with Crippen LogP contribution in [0, 0.1) is 5.92 Å². The summed E-state index contributed by atoms with van der Waals surface area (Å²) in [6.45, 7) is 2.90. The molecule has 0 unspecified atom stereocenters. The average molecular weight is 371 g/mol. The summed E-state index contributed by atoms with van der Waals surface area (Å²) in [6.07, 6.45) is -1.89. The first-order valence-corrected chi connectivity index (χ1v) is 8.83. The van der Waals surface area contributed by atoms with Crippen LogP contribution in [0.5, 0.6) is 0 Å². The molecule has 1 aliphatic heterocycles. The zero-order chi connectivity index (χ0) is 19.3. The van der Waals surface area contributed by atoms with Crippen molar-refractivity contribution in [2.45, 2.75) is 51.1 Å². The van der Waals surface area contributed by atoms with Gasteiger partial charge in [0.2, 0.25) is 5.91 Å². The minimum absolute atomic E-state index is 0.0880. The van der Waals surface area contributed by atoms with E-state index in [0.29, 0.717) is 25.1 Å². The first-order valence-electron chi connectivity index (χ1n) is 8.83. The molecule has 2 rings (SSSR count). The maximum absolute atomic E-state index is 12.8. The lowest BCUT2D eigenvalue weighted by molar-refractivity contribution is -0.138. The van der Waals surface area contributed by atoms with Crippen LogP contribution in [0.3, 0.4) is 0 Å². The van der Waals surface area contributed by atoms with Crippen molar-refractivity contribution in [3.05, 3.63) is 35.4 Å². The van der Waals surface area contributed by atoms with Crippen molar-refractivity contribution in [3.63, 3.8) is 0 Å². The molecule has 26 heavy (non-hydrogen) atoms. The van der Waals surface area contributed by atoms with Crippen molar-refractivity contribution in [2.24, 2.45) is 5.92 Å². The molecule has 0 radical (unpaired) electrons. The van der Waals surface area contributed by atoms with Crippen LogP contribution in [0.4, 0.5) is 13.2 Å².